The molecule has 4 aromatic rings. The van der Waals surface area contributed by atoms with Crippen LogP contribution in [0.5, 0.6) is 11.5 Å². The molecule has 0 aliphatic heterocycles. The lowest BCUT2D eigenvalue weighted by Gasteiger charge is -2.05. The molecule has 4 rings (SSSR count). The van der Waals surface area contributed by atoms with Gasteiger partial charge in [0.05, 0.1) is 18.4 Å². The summed E-state index contributed by atoms with van der Waals surface area (Å²) >= 11 is 1.45. The number of benzene rings is 2. The Balaban J connectivity index is 1.83. The van der Waals surface area contributed by atoms with Gasteiger partial charge in [-0.05, 0) is 37.6 Å². The highest BCUT2D eigenvalue weighted by Gasteiger charge is 2.16. The number of hydrogen-bond acceptors (Lipinski definition) is 5. The highest BCUT2D eigenvalue weighted by atomic mass is 32.1. The Bertz CT molecular complexity index is 1260. The molecule has 2 aromatic heterocycles. The van der Waals surface area contributed by atoms with Crippen LogP contribution in [0.1, 0.15) is 23.0 Å². The maximum atomic E-state index is 12.8. The van der Waals surface area contributed by atoms with E-state index in [2.05, 4.69) is 4.99 Å². The highest BCUT2D eigenvalue weighted by molar-refractivity contribution is 7.16. The molecule has 6 nitrogen and oxygen atoms in total. The number of amides is 1. The fourth-order valence-electron chi connectivity index (χ4n) is 3.17. The molecule has 1 amide bonds. The van der Waals surface area contributed by atoms with E-state index in [1.807, 2.05) is 55.8 Å². The Morgan fingerprint density at radius 3 is 2.82 bits per heavy atom. The maximum Gasteiger partial charge on any atom is 0.315 e. The molecule has 0 saturated heterocycles. The normalized spacial score (nSPS) is 12.1. The quantitative estimate of drug-likeness (QED) is 0.511. The van der Waals surface area contributed by atoms with Gasteiger partial charge in [0, 0.05) is 12.4 Å². The van der Waals surface area contributed by atoms with Gasteiger partial charge < -0.3 is 18.5 Å². The minimum absolute atomic E-state index is 0.184. The summed E-state index contributed by atoms with van der Waals surface area (Å²) in [4.78, 5) is 17.7. The summed E-state index contributed by atoms with van der Waals surface area (Å²) in [5.74, 6) is 1.12. The molecule has 0 aliphatic rings. The van der Waals surface area contributed by atoms with Gasteiger partial charge in [-0.15, -0.1) is 0 Å². The Kier molecular flexibility index (Phi) is 4.68. The number of hydrogen-bond donors (Lipinski definition) is 0. The zero-order chi connectivity index (χ0) is 19.8. The van der Waals surface area contributed by atoms with Crippen LogP contribution in [-0.2, 0) is 7.05 Å². The molecule has 0 saturated carbocycles. The van der Waals surface area contributed by atoms with Crippen LogP contribution in [0.15, 0.2) is 45.8 Å². The number of thiazole rings is 1. The van der Waals surface area contributed by atoms with Crippen molar-refractivity contribution in [2.45, 2.75) is 13.8 Å². The molecule has 7 heteroatoms. The molecule has 2 heterocycles. The molecular formula is C21H20N2O4S. The number of rotatable bonds is 4. The first kappa shape index (κ1) is 18.3. The predicted octanol–water partition coefficient (Wildman–Crippen LogP) is 4.44. The number of para-hydroxylation sites is 1. The van der Waals surface area contributed by atoms with Crippen LogP contribution < -0.4 is 14.3 Å². The van der Waals surface area contributed by atoms with Crippen LogP contribution in [-0.4, -0.2) is 24.2 Å². The predicted molar refractivity (Wildman–Crippen MR) is 109 cm³/mol. The molecule has 0 radical (unpaired) electrons. The van der Waals surface area contributed by atoms with Crippen molar-refractivity contribution >= 4 is 38.4 Å². The Morgan fingerprint density at radius 1 is 1.25 bits per heavy atom. The molecule has 0 aliphatic carbocycles. The molecule has 144 valence electrons. The number of aryl methyl sites for hydroxylation is 2. The van der Waals surface area contributed by atoms with Gasteiger partial charge in [0.1, 0.15) is 11.3 Å². The van der Waals surface area contributed by atoms with Crippen LogP contribution in [0.3, 0.4) is 0 Å². The summed E-state index contributed by atoms with van der Waals surface area (Å²) in [6.07, 6.45) is 0. The van der Waals surface area contributed by atoms with Gasteiger partial charge in [-0.3, -0.25) is 4.79 Å². The second kappa shape index (κ2) is 7.16. The third-order valence-electron chi connectivity index (χ3n) is 4.54. The van der Waals surface area contributed by atoms with Crippen molar-refractivity contribution in [3.05, 3.63) is 52.5 Å². The van der Waals surface area contributed by atoms with Crippen LogP contribution in [0, 0.1) is 6.92 Å². The summed E-state index contributed by atoms with van der Waals surface area (Å²) in [6.45, 7) is 4.45. The number of carbonyl (C=O) groups is 1. The minimum Gasteiger partial charge on any atom is -0.495 e. The van der Waals surface area contributed by atoms with E-state index in [1.165, 1.54) is 11.3 Å². The molecule has 2 aromatic carbocycles. The van der Waals surface area contributed by atoms with Crippen molar-refractivity contribution < 1.29 is 18.7 Å². The fraction of sp³-hybridized carbons (Fsp3) is 0.238. The van der Waals surface area contributed by atoms with Gasteiger partial charge in [-0.25, -0.2) is 0 Å². The van der Waals surface area contributed by atoms with Gasteiger partial charge in [-0.1, -0.05) is 29.5 Å². The van der Waals surface area contributed by atoms with Crippen molar-refractivity contribution in [2.75, 3.05) is 13.7 Å². The Labute approximate surface area is 165 Å². The number of aromatic nitrogens is 1. The average Bonchev–Trinajstić information content (AvgIpc) is 3.26. The molecule has 0 atom stereocenters. The molecular weight excluding hydrogens is 376 g/mol. The van der Waals surface area contributed by atoms with Crippen molar-refractivity contribution in [3.8, 4) is 11.5 Å². The first-order chi connectivity index (χ1) is 13.5. The number of ether oxygens (including phenoxy) is 2. The van der Waals surface area contributed by atoms with E-state index in [-0.39, 0.29) is 5.76 Å². The first-order valence-electron chi connectivity index (χ1n) is 8.91. The van der Waals surface area contributed by atoms with Crippen molar-refractivity contribution in [1.82, 2.24) is 4.57 Å². The van der Waals surface area contributed by atoms with Crippen LogP contribution in [0.25, 0.3) is 21.2 Å². The van der Waals surface area contributed by atoms with Gasteiger partial charge >= 0.3 is 5.91 Å². The Morgan fingerprint density at radius 2 is 2.07 bits per heavy atom. The van der Waals surface area contributed by atoms with Gasteiger partial charge in [0.15, 0.2) is 21.9 Å². The van der Waals surface area contributed by atoms with Crippen LogP contribution in [0.4, 0.5) is 0 Å². The minimum atomic E-state index is -0.433. The molecule has 0 bridgehead atoms. The van der Waals surface area contributed by atoms with Crippen molar-refractivity contribution in [1.29, 1.82) is 0 Å². The monoisotopic (exact) mass is 396 g/mol. The second-order valence-electron chi connectivity index (χ2n) is 6.34. The van der Waals surface area contributed by atoms with Crippen molar-refractivity contribution in [2.24, 2.45) is 12.0 Å². The molecule has 0 N–H and O–H groups in total. The average molecular weight is 396 g/mol. The summed E-state index contributed by atoms with van der Waals surface area (Å²) in [7, 11) is 3.51. The SMILES string of the molecule is CCOc1cccc2cc(C(=O)N=c3sc4c(C)ccc(OC)c4n3C)oc12. The Hall–Kier alpha value is -3.06. The molecule has 28 heavy (non-hydrogen) atoms. The summed E-state index contributed by atoms with van der Waals surface area (Å²) in [5.41, 5.74) is 2.58. The highest BCUT2D eigenvalue weighted by Crippen LogP contribution is 2.31. The molecule has 0 fully saturated rings. The van der Waals surface area contributed by atoms with E-state index in [0.717, 1.165) is 26.9 Å². The van der Waals surface area contributed by atoms with E-state index in [0.29, 0.717) is 22.7 Å². The summed E-state index contributed by atoms with van der Waals surface area (Å²) in [5, 5.41) is 0.808. The van der Waals surface area contributed by atoms with E-state index in [4.69, 9.17) is 13.9 Å². The number of furan rings is 1. The summed E-state index contributed by atoms with van der Waals surface area (Å²) in [6, 6.07) is 11.2. The number of carbonyl (C=O) groups excluding carboxylic acids is 1. The van der Waals surface area contributed by atoms with Crippen molar-refractivity contribution in [3.63, 3.8) is 0 Å². The molecule has 0 spiro atoms. The van der Waals surface area contributed by atoms with Gasteiger partial charge in [0.25, 0.3) is 0 Å². The summed E-state index contributed by atoms with van der Waals surface area (Å²) < 4.78 is 19.7. The zero-order valence-corrected chi connectivity index (χ0v) is 16.9. The standard InChI is InChI=1S/C21H20N2O4S/c1-5-26-15-8-6-7-13-11-16(27-18(13)15)20(24)22-21-23(3)17-14(25-4)10-9-12(2)19(17)28-21/h6-11H,5H2,1-4H3. The molecule has 0 unspecified atom stereocenters. The smallest absolute Gasteiger partial charge is 0.315 e. The lowest BCUT2D eigenvalue weighted by Crippen LogP contribution is -2.13. The van der Waals surface area contributed by atoms with Gasteiger partial charge in [-0.2, -0.15) is 4.99 Å². The van der Waals surface area contributed by atoms with E-state index in [9.17, 15) is 4.79 Å². The second-order valence-corrected chi connectivity index (χ2v) is 7.32. The third-order valence-corrected chi connectivity index (χ3v) is 5.81. The third kappa shape index (κ3) is 2.97. The zero-order valence-electron chi connectivity index (χ0n) is 16.1. The maximum absolute atomic E-state index is 12.8. The van der Waals surface area contributed by atoms with E-state index in [1.54, 1.807) is 13.2 Å². The lowest BCUT2D eigenvalue weighted by molar-refractivity contribution is 0.0973. The van der Waals surface area contributed by atoms with Crippen LogP contribution in [0.2, 0.25) is 0 Å². The largest absolute Gasteiger partial charge is 0.495 e. The topological polar surface area (TPSA) is 66.0 Å². The van der Waals surface area contributed by atoms with Crippen LogP contribution >= 0.6 is 11.3 Å². The van der Waals surface area contributed by atoms with E-state index >= 15 is 0 Å². The number of nitrogens with zero attached hydrogens (tertiary/aromatic N) is 2. The number of fused-ring (bicyclic) bond motifs is 2. The van der Waals surface area contributed by atoms with E-state index < -0.39 is 5.91 Å². The first-order valence-corrected chi connectivity index (χ1v) is 9.72. The fourth-order valence-corrected chi connectivity index (χ4v) is 4.27. The number of methoxy groups -OCH3 is 1. The van der Waals surface area contributed by atoms with Gasteiger partial charge in [0.2, 0.25) is 0 Å². The lowest BCUT2D eigenvalue weighted by atomic mass is 10.2.